The van der Waals surface area contributed by atoms with Gasteiger partial charge in [0, 0.05) is 12.2 Å². The lowest BCUT2D eigenvalue weighted by molar-refractivity contribution is -0.138. The summed E-state index contributed by atoms with van der Waals surface area (Å²) in [6.45, 7) is 11.6. The minimum absolute atomic E-state index is 0.330. The molecule has 0 aliphatic rings. The predicted molar refractivity (Wildman–Crippen MR) is 72.1 cm³/mol. The molecule has 18 heavy (non-hydrogen) atoms. The average Bonchev–Trinajstić information content (AvgIpc) is 2.39. The normalized spacial score (nSPS) is 8.56. The molecular weight excluding hydrogens is 232 g/mol. The van der Waals surface area contributed by atoms with E-state index in [4.69, 9.17) is 0 Å². The van der Waals surface area contributed by atoms with Crippen molar-refractivity contribution in [1.29, 1.82) is 0 Å². The van der Waals surface area contributed by atoms with Gasteiger partial charge in [0.1, 0.15) is 0 Å². The summed E-state index contributed by atoms with van der Waals surface area (Å²) >= 11 is 0. The zero-order valence-electron chi connectivity index (χ0n) is 11.4. The second kappa shape index (κ2) is 15.4. The summed E-state index contributed by atoms with van der Waals surface area (Å²) < 4.78 is 9.35. The number of esters is 2. The second-order valence-corrected chi connectivity index (χ2v) is 3.45. The Kier molecular flexibility index (Phi) is 16.1. The van der Waals surface area contributed by atoms with Crippen LogP contribution in [0.15, 0.2) is 25.3 Å². The van der Waals surface area contributed by atoms with Gasteiger partial charge >= 0.3 is 11.9 Å². The molecular formula is C14H24O4. The number of carbonyl (C=O) groups excluding carboxylic acids is 2. The van der Waals surface area contributed by atoms with Crippen LogP contribution in [0.1, 0.15) is 39.5 Å². The van der Waals surface area contributed by atoms with Crippen molar-refractivity contribution in [1.82, 2.24) is 0 Å². The van der Waals surface area contributed by atoms with Gasteiger partial charge in [0.05, 0.1) is 13.2 Å². The highest BCUT2D eigenvalue weighted by atomic mass is 16.5. The van der Waals surface area contributed by atoms with Crippen LogP contribution in [0.4, 0.5) is 0 Å². The molecule has 0 aromatic carbocycles. The molecule has 0 atom stereocenters. The van der Waals surface area contributed by atoms with Crippen molar-refractivity contribution in [2.24, 2.45) is 0 Å². The number of unbranched alkanes of at least 4 members (excludes halogenated alkanes) is 2. The van der Waals surface area contributed by atoms with Crippen LogP contribution in [0.25, 0.3) is 0 Å². The first-order chi connectivity index (χ1) is 8.62. The van der Waals surface area contributed by atoms with Gasteiger partial charge in [-0.3, -0.25) is 0 Å². The average molecular weight is 256 g/mol. The quantitative estimate of drug-likeness (QED) is 0.380. The molecule has 0 saturated heterocycles. The van der Waals surface area contributed by atoms with E-state index in [0.717, 1.165) is 25.7 Å². The van der Waals surface area contributed by atoms with Crippen molar-refractivity contribution in [2.75, 3.05) is 13.2 Å². The Morgan fingerprint density at radius 3 is 1.44 bits per heavy atom. The van der Waals surface area contributed by atoms with E-state index in [9.17, 15) is 9.59 Å². The van der Waals surface area contributed by atoms with Gasteiger partial charge in [0.15, 0.2) is 0 Å². The number of ether oxygens (including phenoxy) is 2. The third kappa shape index (κ3) is 16.8. The number of rotatable bonds is 8. The second-order valence-electron chi connectivity index (χ2n) is 3.45. The highest BCUT2D eigenvalue weighted by Crippen LogP contribution is 1.88. The van der Waals surface area contributed by atoms with Crippen LogP contribution < -0.4 is 0 Å². The lowest BCUT2D eigenvalue weighted by Gasteiger charge is -1.97. The van der Waals surface area contributed by atoms with Crippen LogP contribution in [0.3, 0.4) is 0 Å². The smallest absolute Gasteiger partial charge is 0.330 e. The fraction of sp³-hybridized carbons (Fsp3) is 0.571. The van der Waals surface area contributed by atoms with E-state index in [0.29, 0.717) is 13.2 Å². The van der Waals surface area contributed by atoms with Crippen molar-refractivity contribution in [3.05, 3.63) is 25.3 Å². The summed E-state index contributed by atoms with van der Waals surface area (Å²) in [6.07, 6.45) is 6.30. The lowest BCUT2D eigenvalue weighted by Crippen LogP contribution is -2.00. The van der Waals surface area contributed by atoms with E-state index in [1.165, 1.54) is 12.2 Å². The Morgan fingerprint density at radius 2 is 1.22 bits per heavy atom. The van der Waals surface area contributed by atoms with Crippen molar-refractivity contribution < 1.29 is 19.1 Å². The molecule has 0 aliphatic carbocycles. The molecule has 4 heteroatoms. The molecule has 0 N–H and O–H groups in total. The standard InChI is InChI=1S/2C7H12O2/c2*1-3-5-6-9-7(8)4-2/h2*4H,2-3,5-6H2,1H3. The van der Waals surface area contributed by atoms with Crippen molar-refractivity contribution in [3.8, 4) is 0 Å². The van der Waals surface area contributed by atoms with E-state index in [-0.39, 0.29) is 11.9 Å². The summed E-state index contributed by atoms with van der Waals surface area (Å²) in [6, 6.07) is 0. The summed E-state index contributed by atoms with van der Waals surface area (Å²) in [5.74, 6) is -0.660. The zero-order chi connectivity index (χ0) is 14.2. The largest absolute Gasteiger partial charge is 0.463 e. The van der Waals surface area contributed by atoms with Gasteiger partial charge < -0.3 is 9.47 Å². The molecule has 0 aromatic heterocycles. The van der Waals surface area contributed by atoms with E-state index >= 15 is 0 Å². The monoisotopic (exact) mass is 256 g/mol. The lowest BCUT2D eigenvalue weighted by atomic mass is 10.4. The van der Waals surface area contributed by atoms with Crippen molar-refractivity contribution in [2.45, 2.75) is 39.5 Å². The van der Waals surface area contributed by atoms with E-state index in [2.05, 4.69) is 22.6 Å². The Labute approximate surface area is 110 Å². The van der Waals surface area contributed by atoms with Crippen molar-refractivity contribution >= 4 is 11.9 Å². The first-order valence-corrected chi connectivity index (χ1v) is 6.20. The van der Waals surface area contributed by atoms with Gasteiger partial charge in [-0.2, -0.15) is 0 Å². The van der Waals surface area contributed by atoms with Gasteiger partial charge in [-0.25, -0.2) is 9.59 Å². The summed E-state index contributed by atoms with van der Waals surface area (Å²) in [5, 5.41) is 0. The molecule has 4 nitrogen and oxygen atoms in total. The van der Waals surface area contributed by atoms with Crippen LogP contribution in [-0.2, 0) is 19.1 Å². The molecule has 0 radical (unpaired) electrons. The topological polar surface area (TPSA) is 52.6 Å². The first-order valence-electron chi connectivity index (χ1n) is 6.20. The van der Waals surface area contributed by atoms with E-state index < -0.39 is 0 Å². The predicted octanol–water partition coefficient (Wildman–Crippen LogP) is 3.03. The maximum absolute atomic E-state index is 10.3. The molecule has 0 bridgehead atoms. The van der Waals surface area contributed by atoms with Crippen LogP contribution >= 0.6 is 0 Å². The number of carbonyl (C=O) groups is 2. The molecule has 0 rings (SSSR count). The van der Waals surface area contributed by atoms with Gasteiger partial charge in [-0.15, -0.1) is 0 Å². The van der Waals surface area contributed by atoms with E-state index in [1.807, 2.05) is 13.8 Å². The Hall–Kier alpha value is -1.58. The minimum Gasteiger partial charge on any atom is -0.463 e. The number of hydrogen-bond donors (Lipinski definition) is 0. The third-order valence-electron chi connectivity index (χ3n) is 1.82. The van der Waals surface area contributed by atoms with Crippen LogP contribution in [0, 0.1) is 0 Å². The van der Waals surface area contributed by atoms with Gasteiger partial charge in [0.2, 0.25) is 0 Å². The molecule has 0 heterocycles. The highest BCUT2D eigenvalue weighted by molar-refractivity contribution is 5.81. The maximum atomic E-state index is 10.3. The summed E-state index contributed by atoms with van der Waals surface area (Å²) in [4.78, 5) is 20.7. The van der Waals surface area contributed by atoms with Gasteiger partial charge in [-0.1, -0.05) is 39.8 Å². The van der Waals surface area contributed by atoms with Gasteiger partial charge in [0.25, 0.3) is 0 Å². The molecule has 0 aliphatic heterocycles. The Balaban J connectivity index is 0. The molecule has 0 aromatic rings. The van der Waals surface area contributed by atoms with Crippen molar-refractivity contribution in [3.63, 3.8) is 0 Å². The minimum atomic E-state index is -0.330. The fourth-order valence-corrected chi connectivity index (χ4v) is 0.752. The van der Waals surface area contributed by atoms with E-state index in [1.54, 1.807) is 0 Å². The third-order valence-corrected chi connectivity index (χ3v) is 1.82. The SMILES string of the molecule is C=CC(=O)OCCCC.C=CC(=O)OCCCC. The maximum Gasteiger partial charge on any atom is 0.330 e. The molecule has 0 spiro atoms. The Morgan fingerprint density at radius 1 is 0.889 bits per heavy atom. The molecule has 0 saturated carbocycles. The van der Waals surface area contributed by atoms with Crippen LogP contribution in [0.2, 0.25) is 0 Å². The fourth-order valence-electron chi connectivity index (χ4n) is 0.752. The molecule has 104 valence electrons. The summed E-state index contributed by atoms with van der Waals surface area (Å²) in [7, 11) is 0. The van der Waals surface area contributed by atoms with Crippen LogP contribution in [0.5, 0.6) is 0 Å². The first kappa shape index (κ1) is 18.8. The highest BCUT2D eigenvalue weighted by Gasteiger charge is 1.92. The molecule has 0 unspecified atom stereocenters. The summed E-state index contributed by atoms with van der Waals surface area (Å²) in [5.41, 5.74) is 0. The number of hydrogen-bond acceptors (Lipinski definition) is 4. The zero-order valence-corrected chi connectivity index (χ0v) is 11.4. The van der Waals surface area contributed by atoms with Crippen LogP contribution in [-0.4, -0.2) is 25.2 Å². The van der Waals surface area contributed by atoms with Gasteiger partial charge in [-0.05, 0) is 12.8 Å². The molecule has 0 fully saturated rings. The molecule has 0 amide bonds. The Bertz CT molecular complexity index is 220.